The van der Waals surface area contributed by atoms with Crippen molar-refractivity contribution < 1.29 is 19.1 Å². The van der Waals surface area contributed by atoms with Crippen LogP contribution in [0.25, 0.3) is 0 Å². The predicted octanol–water partition coefficient (Wildman–Crippen LogP) is 2.76. The van der Waals surface area contributed by atoms with E-state index in [1.807, 2.05) is 0 Å². The van der Waals surface area contributed by atoms with E-state index in [2.05, 4.69) is 6.58 Å². The fourth-order valence-electron chi connectivity index (χ4n) is 2.37. The summed E-state index contributed by atoms with van der Waals surface area (Å²) in [5.41, 5.74) is -0.441. The summed E-state index contributed by atoms with van der Waals surface area (Å²) >= 11 is 0. The Balaban J connectivity index is 2.44. The molecule has 0 spiro atoms. The van der Waals surface area contributed by atoms with Gasteiger partial charge in [0.05, 0.1) is 6.61 Å². The lowest BCUT2D eigenvalue weighted by atomic mass is 9.85. The van der Waals surface area contributed by atoms with Crippen LogP contribution in [0.1, 0.15) is 51.9 Å². The van der Waals surface area contributed by atoms with E-state index in [9.17, 15) is 9.59 Å². The molecule has 0 amide bonds. The summed E-state index contributed by atoms with van der Waals surface area (Å²) in [7, 11) is 0. The molecule has 0 aromatic heterocycles. The van der Waals surface area contributed by atoms with Gasteiger partial charge in [-0.1, -0.05) is 6.08 Å². The second kappa shape index (κ2) is 7.19. The van der Waals surface area contributed by atoms with Crippen molar-refractivity contribution >= 4 is 11.9 Å². The molecule has 102 valence electrons. The smallest absolute Gasteiger partial charge is 0.306 e. The molecule has 18 heavy (non-hydrogen) atoms. The first-order chi connectivity index (χ1) is 8.62. The highest BCUT2D eigenvalue weighted by atomic mass is 16.6. The van der Waals surface area contributed by atoms with E-state index in [0.717, 1.165) is 12.8 Å². The van der Waals surface area contributed by atoms with Crippen LogP contribution in [0.5, 0.6) is 0 Å². The maximum absolute atomic E-state index is 11.4. The monoisotopic (exact) mass is 254 g/mol. The molecule has 1 aliphatic rings. The molecule has 4 nitrogen and oxygen atoms in total. The van der Waals surface area contributed by atoms with Crippen molar-refractivity contribution in [1.82, 2.24) is 0 Å². The van der Waals surface area contributed by atoms with E-state index in [1.54, 1.807) is 13.0 Å². The molecule has 1 heterocycles. The van der Waals surface area contributed by atoms with Crippen LogP contribution in [0, 0.1) is 0 Å². The summed E-state index contributed by atoms with van der Waals surface area (Å²) in [5, 5.41) is 0. The topological polar surface area (TPSA) is 52.6 Å². The van der Waals surface area contributed by atoms with Crippen LogP contribution in [0.2, 0.25) is 0 Å². The Morgan fingerprint density at radius 2 is 2.39 bits per heavy atom. The van der Waals surface area contributed by atoms with Crippen molar-refractivity contribution in [1.29, 1.82) is 0 Å². The fraction of sp³-hybridized carbons (Fsp3) is 0.714. The van der Waals surface area contributed by atoms with Crippen molar-refractivity contribution in [3.8, 4) is 0 Å². The average Bonchev–Trinajstić information content (AvgIpc) is 2.29. The van der Waals surface area contributed by atoms with Gasteiger partial charge in [0, 0.05) is 19.3 Å². The minimum absolute atomic E-state index is 0.140. The molecular formula is C14H22O4. The maximum atomic E-state index is 11.4. The first-order valence-electron chi connectivity index (χ1n) is 6.60. The van der Waals surface area contributed by atoms with Gasteiger partial charge in [-0.2, -0.15) is 0 Å². The first kappa shape index (κ1) is 14.7. The van der Waals surface area contributed by atoms with Gasteiger partial charge in [0.15, 0.2) is 0 Å². The van der Waals surface area contributed by atoms with Crippen LogP contribution < -0.4 is 0 Å². The summed E-state index contributed by atoms with van der Waals surface area (Å²) in [6.07, 6.45) is 6.40. The molecule has 1 saturated heterocycles. The standard InChI is InChI=1S/C14H22O4/c1-3-9-14(11-6-8-13(16)18-14)10-5-7-12(15)17-4-2/h3H,1,4-11H2,2H3. The Bertz CT molecular complexity index is 311. The number of hydrogen-bond donors (Lipinski definition) is 0. The molecule has 0 radical (unpaired) electrons. The van der Waals surface area contributed by atoms with Crippen LogP contribution >= 0.6 is 0 Å². The van der Waals surface area contributed by atoms with Gasteiger partial charge in [0.1, 0.15) is 5.60 Å². The third-order valence-electron chi connectivity index (χ3n) is 3.18. The van der Waals surface area contributed by atoms with Crippen LogP contribution in [-0.2, 0) is 19.1 Å². The highest BCUT2D eigenvalue weighted by molar-refractivity contribution is 5.71. The first-order valence-corrected chi connectivity index (χ1v) is 6.60. The number of carbonyl (C=O) groups is 2. The molecule has 1 fully saturated rings. The highest BCUT2D eigenvalue weighted by Crippen LogP contribution is 2.34. The Morgan fingerprint density at radius 1 is 1.61 bits per heavy atom. The lowest BCUT2D eigenvalue weighted by Gasteiger charge is -2.36. The van der Waals surface area contributed by atoms with Gasteiger partial charge in [0.25, 0.3) is 0 Å². The van der Waals surface area contributed by atoms with Gasteiger partial charge >= 0.3 is 11.9 Å². The summed E-state index contributed by atoms with van der Waals surface area (Å²) in [4.78, 5) is 22.7. The third kappa shape index (κ3) is 4.51. The Kier molecular flexibility index (Phi) is 5.89. The molecule has 1 unspecified atom stereocenters. The van der Waals surface area contributed by atoms with Crippen molar-refractivity contribution in [2.75, 3.05) is 6.61 Å². The number of ether oxygens (including phenoxy) is 2. The van der Waals surface area contributed by atoms with Crippen molar-refractivity contribution in [3.05, 3.63) is 12.7 Å². The van der Waals surface area contributed by atoms with Gasteiger partial charge in [-0.15, -0.1) is 6.58 Å². The predicted molar refractivity (Wildman–Crippen MR) is 68.0 cm³/mol. The molecule has 0 aromatic rings. The summed E-state index contributed by atoms with van der Waals surface area (Å²) in [6.45, 7) is 5.91. The molecular weight excluding hydrogens is 232 g/mol. The van der Waals surface area contributed by atoms with Crippen LogP contribution in [-0.4, -0.2) is 24.1 Å². The van der Waals surface area contributed by atoms with Gasteiger partial charge in [0.2, 0.25) is 0 Å². The number of carbonyl (C=O) groups excluding carboxylic acids is 2. The molecule has 0 bridgehead atoms. The molecule has 0 saturated carbocycles. The lowest BCUT2D eigenvalue weighted by Crippen LogP contribution is -2.38. The Morgan fingerprint density at radius 3 is 3.00 bits per heavy atom. The normalized spacial score (nSPS) is 23.3. The van der Waals surface area contributed by atoms with E-state index in [1.165, 1.54) is 0 Å². The van der Waals surface area contributed by atoms with Crippen LogP contribution in [0.4, 0.5) is 0 Å². The summed E-state index contributed by atoms with van der Waals surface area (Å²) in [5.74, 6) is -0.326. The SMILES string of the molecule is C=CCC1(CCCC(=O)OCC)CCCC(=O)O1. The van der Waals surface area contributed by atoms with E-state index in [0.29, 0.717) is 38.7 Å². The minimum Gasteiger partial charge on any atom is -0.466 e. The largest absolute Gasteiger partial charge is 0.466 e. The van der Waals surface area contributed by atoms with Gasteiger partial charge in [-0.25, -0.2) is 0 Å². The average molecular weight is 254 g/mol. The van der Waals surface area contributed by atoms with Crippen LogP contribution in [0.3, 0.4) is 0 Å². The minimum atomic E-state index is -0.441. The van der Waals surface area contributed by atoms with E-state index in [-0.39, 0.29) is 11.9 Å². The quantitative estimate of drug-likeness (QED) is 0.518. The van der Waals surface area contributed by atoms with Crippen molar-refractivity contribution in [2.45, 2.75) is 57.5 Å². The molecule has 0 N–H and O–H groups in total. The lowest BCUT2D eigenvalue weighted by molar-refractivity contribution is -0.168. The molecule has 4 heteroatoms. The Labute approximate surface area is 108 Å². The summed E-state index contributed by atoms with van der Waals surface area (Å²) < 4.78 is 10.4. The van der Waals surface area contributed by atoms with E-state index >= 15 is 0 Å². The number of hydrogen-bond acceptors (Lipinski definition) is 4. The molecule has 0 aliphatic carbocycles. The molecule has 1 atom stereocenters. The summed E-state index contributed by atoms with van der Waals surface area (Å²) in [6, 6.07) is 0. The molecule has 1 aliphatic heterocycles. The fourth-order valence-corrected chi connectivity index (χ4v) is 2.37. The van der Waals surface area contributed by atoms with E-state index in [4.69, 9.17) is 9.47 Å². The van der Waals surface area contributed by atoms with Gasteiger partial charge in [-0.05, 0) is 32.6 Å². The van der Waals surface area contributed by atoms with Gasteiger partial charge in [-0.3, -0.25) is 9.59 Å². The highest BCUT2D eigenvalue weighted by Gasteiger charge is 2.35. The van der Waals surface area contributed by atoms with Gasteiger partial charge < -0.3 is 9.47 Å². The molecule has 0 aromatic carbocycles. The second-order valence-corrected chi connectivity index (χ2v) is 4.66. The number of esters is 2. The molecule has 1 rings (SSSR count). The maximum Gasteiger partial charge on any atom is 0.306 e. The number of rotatable bonds is 7. The zero-order valence-corrected chi connectivity index (χ0v) is 11.1. The third-order valence-corrected chi connectivity index (χ3v) is 3.18. The van der Waals surface area contributed by atoms with Crippen molar-refractivity contribution in [2.24, 2.45) is 0 Å². The number of cyclic esters (lactones) is 1. The van der Waals surface area contributed by atoms with E-state index < -0.39 is 5.60 Å². The van der Waals surface area contributed by atoms with Crippen LogP contribution in [0.15, 0.2) is 12.7 Å². The zero-order valence-electron chi connectivity index (χ0n) is 11.1. The van der Waals surface area contributed by atoms with Crippen molar-refractivity contribution in [3.63, 3.8) is 0 Å². The zero-order chi connectivity index (χ0) is 13.4. The Hall–Kier alpha value is -1.32. The second-order valence-electron chi connectivity index (χ2n) is 4.66.